The van der Waals surface area contributed by atoms with Crippen molar-refractivity contribution in [3.63, 3.8) is 0 Å². The van der Waals surface area contributed by atoms with Crippen molar-refractivity contribution in [3.05, 3.63) is 34.1 Å². The maximum Gasteiger partial charge on any atom is 0.129 e. The lowest BCUT2D eigenvalue weighted by Crippen LogP contribution is -2.02. The Morgan fingerprint density at radius 2 is 2.07 bits per heavy atom. The highest BCUT2D eigenvalue weighted by Gasteiger charge is 2.21. The van der Waals surface area contributed by atoms with Crippen LogP contribution >= 0.6 is 15.9 Å². The Bertz CT molecular complexity index is 385. The molecular formula is C13H16BrF. The maximum atomic E-state index is 13.8. The quantitative estimate of drug-likeness (QED) is 0.477. The Morgan fingerprint density at radius 1 is 1.33 bits per heavy atom. The molecule has 0 aromatic heterocycles. The van der Waals surface area contributed by atoms with Crippen LogP contribution in [0.15, 0.2) is 6.07 Å². The highest BCUT2D eigenvalue weighted by Crippen LogP contribution is 2.38. The molecule has 1 unspecified atom stereocenters. The molecule has 0 spiro atoms. The molecule has 2 rings (SSSR count). The lowest BCUT2D eigenvalue weighted by atomic mass is 9.95. The SMILES string of the molecule is Cc1cc2c(c(C)c1F)C(Br)CCCC2. The van der Waals surface area contributed by atoms with Gasteiger partial charge in [0.25, 0.3) is 0 Å². The third-order valence-electron chi connectivity index (χ3n) is 3.28. The molecule has 1 atom stereocenters. The Kier molecular flexibility index (Phi) is 3.15. The number of hydrogen-bond donors (Lipinski definition) is 0. The summed E-state index contributed by atoms with van der Waals surface area (Å²) in [6.07, 6.45) is 4.67. The fraction of sp³-hybridized carbons (Fsp3) is 0.538. The second-order valence-electron chi connectivity index (χ2n) is 4.42. The van der Waals surface area contributed by atoms with Gasteiger partial charge in [0.2, 0.25) is 0 Å². The van der Waals surface area contributed by atoms with Crippen molar-refractivity contribution in [1.29, 1.82) is 0 Å². The molecule has 0 nitrogen and oxygen atoms in total. The van der Waals surface area contributed by atoms with Crippen molar-refractivity contribution in [1.82, 2.24) is 0 Å². The fourth-order valence-electron chi connectivity index (χ4n) is 2.48. The molecule has 0 N–H and O–H groups in total. The molecule has 0 bridgehead atoms. The second-order valence-corrected chi connectivity index (χ2v) is 5.52. The van der Waals surface area contributed by atoms with E-state index in [1.165, 1.54) is 24.0 Å². The molecule has 0 fully saturated rings. The molecule has 1 aromatic carbocycles. The summed E-state index contributed by atoms with van der Waals surface area (Å²) in [5, 5.41) is 0. The maximum absolute atomic E-state index is 13.8. The average Bonchev–Trinajstić information content (AvgIpc) is 2.37. The monoisotopic (exact) mass is 270 g/mol. The van der Waals surface area contributed by atoms with E-state index in [0.29, 0.717) is 4.83 Å². The topological polar surface area (TPSA) is 0 Å². The van der Waals surface area contributed by atoms with Crippen molar-refractivity contribution in [2.75, 3.05) is 0 Å². The minimum atomic E-state index is -0.0277. The Morgan fingerprint density at radius 3 is 2.80 bits per heavy atom. The first-order chi connectivity index (χ1) is 7.11. The molecule has 0 saturated carbocycles. The van der Waals surface area contributed by atoms with E-state index in [9.17, 15) is 4.39 Å². The summed E-state index contributed by atoms with van der Waals surface area (Å²) in [6, 6.07) is 2.03. The van der Waals surface area contributed by atoms with Gasteiger partial charge in [0, 0.05) is 4.83 Å². The standard InChI is InChI=1S/C13H16BrF/c1-8-7-10-5-3-4-6-11(14)12(10)9(2)13(8)15/h7,11H,3-6H2,1-2H3. The molecule has 1 aliphatic rings. The summed E-state index contributed by atoms with van der Waals surface area (Å²) in [6.45, 7) is 3.76. The zero-order valence-electron chi connectivity index (χ0n) is 9.24. The van der Waals surface area contributed by atoms with Gasteiger partial charge in [-0.1, -0.05) is 28.4 Å². The highest BCUT2D eigenvalue weighted by molar-refractivity contribution is 9.09. The predicted molar refractivity (Wildman–Crippen MR) is 65.1 cm³/mol. The summed E-state index contributed by atoms with van der Waals surface area (Å²) in [7, 11) is 0. The summed E-state index contributed by atoms with van der Waals surface area (Å²) < 4.78 is 13.8. The summed E-state index contributed by atoms with van der Waals surface area (Å²) >= 11 is 3.68. The van der Waals surface area contributed by atoms with Crippen molar-refractivity contribution in [3.8, 4) is 0 Å². The lowest BCUT2D eigenvalue weighted by molar-refractivity contribution is 0.604. The predicted octanol–water partition coefficient (Wildman–Crippen LogP) is 4.60. The van der Waals surface area contributed by atoms with Crippen molar-refractivity contribution in [2.45, 2.75) is 44.4 Å². The molecule has 0 heterocycles. The Balaban J connectivity index is 2.61. The van der Waals surface area contributed by atoms with Gasteiger partial charge in [0.15, 0.2) is 0 Å². The molecule has 0 saturated heterocycles. The third-order valence-corrected chi connectivity index (χ3v) is 4.20. The minimum Gasteiger partial charge on any atom is -0.206 e. The minimum absolute atomic E-state index is 0.0277. The van der Waals surface area contributed by atoms with Crippen LogP contribution in [-0.2, 0) is 6.42 Å². The third kappa shape index (κ3) is 1.96. The number of alkyl halides is 1. The molecule has 82 valence electrons. The van der Waals surface area contributed by atoms with E-state index in [2.05, 4.69) is 15.9 Å². The normalized spacial score (nSPS) is 20.9. The average molecular weight is 271 g/mol. The fourth-order valence-corrected chi connectivity index (χ4v) is 3.44. The molecule has 1 aliphatic carbocycles. The second kappa shape index (κ2) is 4.25. The van der Waals surface area contributed by atoms with Gasteiger partial charge in [-0.3, -0.25) is 0 Å². The van der Waals surface area contributed by atoms with Gasteiger partial charge in [-0.25, -0.2) is 4.39 Å². The van der Waals surface area contributed by atoms with E-state index in [-0.39, 0.29) is 5.82 Å². The van der Waals surface area contributed by atoms with Gasteiger partial charge in [-0.05, 0) is 55.4 Å². The number of hydrogen-bond acceptors (Lipinski definition) is 0. The van der Waals surface area contributed by atoms with Crippen LogP contribution in [0.25, 0.3) is 0 Å². The van der Waals surface area contributed by atoms with Gasteiger partial charge in [0.1, 0.15) is 5.82 Å². The largest absolute Gasteiger partial charge is 0.206 e. The van der Waals surface area contributed by atoms with Crippen molar-refractivity contribution >= 4 is 15.9 Å². The van der Waals surface area contributed by atoms with Crippen LogP contribution in [0.2, 0.25) is 0 Å². The molecule has 0 radical (unpaired) electrons. The lowest BCUT2D eigenvalue weighted by Gasteiger charge is -2.16. The van der Waals surface area contributed by atoms with Crippen LogP contribution in [-0.4, -0.2) is 0 Å². The summed E-state index contributed by atoms with van der Waals surface area (Å²) in [4.78, 5) is 0.338. The van der Waals surface area contributed by atoms with Crippen LogP contribution in [0.3, 0.4) is 0 Å². The van der Waals surface area contributed by atoms with Gasteiger partial charge in [-0.15, -0.1) is 0 Å². The van der Waals surface area contributed by atoms with E-state index in [1.807, 2.05) is 19.9 Å². The van der Waals surface area contributed by atoms with Gasteiger partial charge in [-0.2, -0.15) is 0 Å². The zero-order valence-corrected chi connectivity index (χ0v) is 10.8. The van der Waals surface area contributed by atoms with Gasteiger partial charge in [0.05, 0.1) is 0 Å². The van der Waals surface area contributed by atoms with Crippen molar-refractivity contribution in [2.24, 2.45) is 0 Å². The first kappa shape index (κ1) is 11.1. The molecule has 0 aliphatic heterocycles. The van der Waals surface area contributed by atoms with Gasteiger partial charge < -0.3 is 0 Å². The van der Waals surface area contributed by atoms with Crippen LogP contribution in [0.5, 0.6) is 0 Å². The smallest absolute Gasteiger partial charge is 0.129 e. The molecular weight excluding hydrogens is 255 g/mol. The van der Waals surface area contributed by atoms with Crippen LogP contribution in [0.1, 0.15) is 46.3 Å². The molecule has 1 aromatic rings. The van der Waals surface area contributed by atoms with Crippen molar-refractivity contribution < 1.29 is 4.39 Å². The highest BCUT2D eigenvalue weighted by atomic mass is 79.9. The van der Waals surface area contributed by atoms with Crippen LogP contribution in [0, 0.1) is 19.7 Å². The van der Waals surface area contributed by atoms with Crippen LogP contribution in [0.4, 0.5) is 4.39 Å². The Hall–Kier alpha value is -0.370. The first-order valence-electron chi connectivity index (χ1n) is 5.54. The van der Waals surface area contributed by atoms with E-state index < -0.39 is 0 Å². The number of fused-ring (bicyclic) bond motifs is 1. The van der Waals surface area contributed by atoms with E-state index in [4.69, 9.17) is 0 Å². The summed E-state index contributed by atoms with van der Waals surface area (Å²) in [5.41, 5.74) is 4.17. The number of benzene rings is 1. The number of rotatable bonds is 0. The van der Waals surface area contributed by atoms with Gasteiger partial charge >= 0.3 is 0 Å². The van der Waals surface area contributed by atoms with Crippen LogP contribution < -0.4 is 0 Å². The molecule has 0 amide bonds. The molecule has 15 heavy (non-hydrogen) atoms. The number of halogens is 2. The summed E-state index contributed by atoms with van der Waals surface area (Å²) in [5.74, 6) is -0.0277. The molecule has 2 heteroatoms. The first-order valence-corrected chi connectivity index (χ1v) is 6.45. The van der Waals surface area contributed by atoms with E-state index in [0.717, 1.165) is 24.0 Å². The Labute approximate surface area is 99.0 Å². The van der Waals surface area contributed by atoms with E-state index >= 15 is 0 Å². The zero-order chi connectivity index (χ0) is 11.0. The number of aryl methyl sites for hydroxylation is 2. The van der Waals surface area contributed by atoms with E-state index in [1.54, 1.807) is 0 Å².